The number of nitrogens with one attached hydrogen (secondary N) is 1. The van der Waals surface area contributed by atoms with Crippen LogP contribution in [-0.2, 0) is 4.79 Å². The average Bonchev–Trinajstić information content (AvgIpc) is 2.97. The van der Waals surface area contributed by atoms with Crippen molar-refractivity contribution >= 4 is 17.5 Å². The lowest BCUT2D eigenvalue weighted by atomic mass is 9.88. The topological polar surface area (TPSA) is 29.1 Å². The molecule has 1 atom stereocenters. The van der Waals surface area contributed by atoms with E-state index in [1.165, 1.54) is 12.8 Å². The molecule has 0 spiro atoms. The van der Waals surface area contributed by atoms with E-state index in [1.54, 1.807) is 0 Å². The van der Waals surface area contributed by atoms with Gasteiger partial charge >= 0.3 is 0 Å². The Balaban J connectivity index is 1.96. The summed E-state index contributed by atoms with van der Waals surface area (Å²) in [7, 11) is 0. The Morgan fingerprint density at radius 1 is 1.30 bits per heavy atom. The summed E-state index contributed by atoms with van der Waals surface area (Å²) in [5, 5.41) is 3.14. The van der Waals surface area contributed by atoms with E-state index in [4.69, 9.17) is 11.6 Å². The number of amides is 1. The van der Waals surface area contributed by atoms with Crippen molar-refractivity contribution in [1.29, 1.82) is 0 Å². The van der Waals surface area contributed by atoms with Crippen LogP contribution in [0.15, 0.2) is 30.3 Å². The van der Waals surface area contributed by atoms with Crippen LogP contribution in [0.5, 0.6) is 0 Å². The molecule has 1 unspecified atom stereocenters. The number of halogens is 1. The van der Waals surface area contributed by atoms with Crippen molar-refractivity contribution in [3.63, 3.8) is 0 Å². The molecule has 20 heavy (non-hydrogen) atoms. The van der Waals surface area contributed by atoms with Gasteiger partial charge in [0.15, 0.2) is 0 Å². The highest BCUT2D eigenvalue weighted by atomic mass is 35.5. The number of benzene rings is 1. The van der Waals surface area contributed by atoms with Gasteiger partial charge in [0, 0.05) is 17.8 Å². The highest BCUT2D eigenvalue weighted by Crippen LogP contribution is 2.38. The molecule has 0 radical (unpaired) electrons. The summed E-state index contributed by atoms with van der Waals surface area (Å²) < 4.78 is 0. The second-order valence-corrected chi connectivity index (χ2v) is 6.20. The largest absolute Gasteiger partial charge is 0.355 e. The highest BCUT2D eigenvalue weighted by molar-refractivity contribution is 6.18. The van der Waals surface area contributed by atoms with Crippen LogP contribution in [0.25, 0.3) is 0 Å². The molecule has 0 heterocycles. The van der Waals surface area contributed by atoms with E-state index in [1.807, 2.05) is 30.3 Å². The normalized spacial score (nSPS) is 18.7. The zero-order chi connectivity index (χ0) is 14.4. The van der Waals surface area contributed by atoms with Crippen molar-refractivity contribution in [1.82, 2.24) is 5.32 Å². The van der Waals surface area contributed by atoms with E-state index in [0.717, 1.165) is 31.4 Å². The SMILES string of the molecule is CCC(C(=O)NCC1(CCl)CCCC1)c1ccccc1. The third-order valence-electron chi connectivity index (χ3n) is 4.51. The summed E-state index contributed by atoms with van der Waals surface area (Å²) in [5.41, 5.74) is 1.23. The van der Waals surface area contributed by atoms with Crippen LogP contribution in [-0.4, -0.2) is 18.3 Å². The van der Waals surface area contributed by atoms with Crippen molar-refractivity contribution in [2.24, 2.45) is 5.41 Å². The number of carbonyl (C=O) groups is 1. The Morgan fingerprint density at radius 3 is 2.50 bits per heavy atom. The number of rotatable bonds is 6. The first-order chi connectivity index (χ1) is 9.71. The van der Waals surface area contributed by atoms with Crippen molar-refractivity contribution in [3.8, 4) is 0 Å². The van der Waals surface area contributed by atoms with Crippen LogP contribution in [0.3, 0.4) is 0 Å². The van der Waals surface area contributed by atoms with Crippen LogP contribution in [0, 0.1) is 5.41 Å². The Labute approximate surface area is 126 Å². The Kier molecular flexibility index (Phi) is 5.47. The molecule has 0 aliphatic heterocycles. The third kappa shape index (κ3) is 3.54. The first-order valence-electron chi connectivity index (χ1n) is 7.59. The van der Waals surface area contributed by atoms with E-state index in [2.05, 4.69) is 12.2 Å². The molecule has 1 aromatic rings. The lowest BCUT2D eigenvalue weighted by Gasteiger charge is -2.27. The van der Waals surface area contributed by atoms with E-state index in [9.17, 15) is 4.79 Å². The number of hydrogen-bond donors (Lipinski definition) is 1. The molecular formula is C17H24ClNO. The summed E-state index contributed by atoms with van der Waals surface area (Å²) >= 11 is 6.13. The van der Waals surface area contributed by atoms with Gasteiger partial charge in [0.25, 0.3) is 0 Å². The van der Waals surface area contributed by atoms with Crippen LogP contribution < -0.4 is 5.32 Å². The predicted molar refractivity (Wildman–Crippen MR) is 84.1 cm³/mol. The van der Waals surface area contributed by atoms with E-state index < -0.39 is 0 Å². The fraction of sp³-hybridized carbons (Fsp3) is 0.588. The lowest BCUT2D eigenvalue weighted by molar-refractivity contribution is -0.123. The summed E-state index contributed by atoms with van der Waals surface area (Å²) in [6, 6.07) is 10.0. The Morgan fingerprint density at radius 2 is 1.95 bits per heavy atom. The van der Waals surface area contributed by atoms with Gasteiger partial charge in [-0.25, -0.2) is 0 Å². The Hall–Kier alpha value is -1.02. The summed E-state index contributed by atoms with van der Waals surface area (Å²) in [4.78, 5) is 12.4. The summed E-state index contributed by atoms with van der Waals surface area (Å²) in [5.74, 6) is 0.732. The van der Waals surface area contributed by atoms with Crippen LogP contribution >= 0.6 is 11.6 Å². The molecule has 0 aromatic heterocycles. The van der Waals surface area contributed by atoms with Gasteiger partial charge in [0.2, 0.25) is 5.91 Å². The number of alkyl halides is 1. The second-order valence-electron chi connectivity index (χ2n) is 5.93. The van der Waals surface area contributed by atoms with Gasteiger partial charge in [-0.2, -0.15) is 0 Å². The van der Waals surface area contributed by atoms with Gasteiger partial charge < -0.3 is 5.32 Å². The van der Waals surface area contributed by atoms with Gasteiger partial charge in [-0.15, -0.1) is 11.6 Å². The van der Waals surface area contributed by atoms with Gasteiger partial charge in [0.05, 0.1) is 5.92 Å². The minimum absolute atomic E-state index is 0.0509. The van der Waals surface area contributed by atoms with Crippen molar-refractivity contribution in [2.45, 2.75) is 44.9 Å². The molecule has 1 aromatic carbocycles. The molecule has 1 aliphatic rings. The summed E-state index contributed by atoms with van der Waals surface area (Å²) in [6.45, 7) is 2.78. The molecule has 1 aliphatic carbocycles. The van der Waals surface area contributed by atoms with E-state index in [0.29, 0.717) is 5.88 Å². The van der Waals surface area contributed by atoms with Gasteiger partial charge in [0.1, 0.15) is 0 Å². The minimum Gasteiger partial charge on any atom is -0.355 e. The number of carbonyl (C=O) groups excluding carboxylic acids is 1. The first kappa shape index (κ1) is 15.4. The zero-order valence-electron chi connectivity index (χ0n) is 12.2. The predicted octanol–water partition coefficient (Wildman–Crippen LogP) is 4.10. The lowest BCUT2D eigenvalue weighted by Crippen LogP contribution is -2.39. The maximum Gasteiger partial charge on any atom is 0.227 e. The van der Waals surface area contributed by atoms with Crippen LogP contribution in [0.2, 0.25) is 0 Å². The third-order valence-corrected chi connectivity index (χ3v) is 5.08. The van der Waals surface area contributed by atoms with Gasteiger partial charge in [-0.3, -0.25) is 4.79 Å². The molecule has 1 N–H and O–H groups in total. The zero-order valence-corrected chi connectivity index (χ0v) is 13.0. The fourth-order valence-corrected chi connectivity index (χ4v) is 3.50. The maximum atomic E-state index is 12.4. The van der Waals surface area contributed by atoms with E-state index in [-0.39, 0.29) is 17.2 Å². The second kappa shape index (κ2) is 7.12. The van der Waals surface area contributed by atoms with Gasteiger partial charge in [-0.1, -0.05) is 50.1 Å². The molecule has 110 valence electrons. The van der Waals surface area contributed by atoms with E-state index >= 15 is 0 Å². The van der Waals surface area contributed by atoms with Crippen LogP contribution in [0.1, 0.15) is 50.5 Å². The highest BCUT2D eigenvalue weighted by Gasteiger charge is 2.33. The molecule has 1 fully saturated rings. The maximum absolute atomic E-state index is 12.4. The molecule has 2 nitrogen and oxygen atoms in total. The first-order valence-corrected chi connectivity index (χ1v) is 8.13. The molecule has 2 rings (SSSR count). The molecule has 0 saturated heterocycles. The molecular weight excluding hydrogens is 270 g/mol. The van der Waals surface area contributed by atoms with Crippen molar-refractivity contribution in [3.05, 3.63) is 35.9 Å². The minimum atomic E-state index is -0.0509. The fourth-order valence-electron chi connectivity index (χ4n) is 3.14. The quantitative estimate of drug-likeness (QED) is 0.786. The summed E-state index contributed by atoms with van der Waals surface area (Å²) in [6.07, 6.45) is 5.57. The average molecular weight is 294 g/mol. The smallest absolute Gasteiger partial charge is 0.227 e. The van der Waals surface area contributed by atoms with Crippen molar-refractivity contribution < 1.29 is 4.79 Å². The monoisotopic (exact) mass is 293 g/mol. The molecule has 1 saturated carbocycles. The Bertz CT molecular complexity index is 426. The molecule has 3 heteroatoms. The van der Waals surface area contributed by atoms with Crippen LogP contribution in [0.4, 0.5) is 0 Å². The number of hydrogen-bond acceptors (Lipinski definition) is 1. The molecule has 1 amide bonds. The standard InChI is InChI=1S/C17H24ClNO/c1-2-15(14-8-4-3-5-9-14)16(20)19-13-17(12-18)10-6-7-11-17/h3-5,8-9,15H,2,6-7,10-13H2,1H3,(H,19,20). The van der Waals surface area contributed by atoms with Gasteiger partial charge in [-0.05, 0) is 24.8 Å². The van der Waals surface area contributed by atoms with Crippen molar-refractivity contribution in [2.75, 3.05) is 12.4 Å². The molecule has 0 bridgehead atoms.